The Labute approximate surface area is 101 Å². The zero-order valence-corrected chi connectivity index (χ0v) is 9.41. The fourth-order valence-electron chi connectivity index (χ4n) is 1.75. The van der Waals surface area contributed by atoms with Gasteiger partial charge in [-0.25, -0.2) is 0 Å². The Balaban J connectivity index is 2.26. The molecule has 6 heteroatoms. The van der Waals surface area contributed by atoms with Crippen LogP contribution in [0.15, 0.2) is 34.9 Å². The van der Waals surface area contributed by atoms with Crippen LogP contribution in [0.25, 0.3) is 11.0 Å². The Hall–Kier alpha value is -1.98. The molecule has 1 aromatic carbocycles. The molecule has 2 rings (SSSR count). The molecule has 1 amide bonds. The lowest BCUT2D eigenvalue weighted by Crippen LogP contribution is -2.38. The van der Waals surface area contributed by atoms with Crippen molar-refractivity contribution in [1.82, 2.24) is 5.32 Å². The Morgan fingerprint density at radius 2 is 2.06 bits per heavy atom. The van der Waals surface area contributed by atoms with Gasteiger partial charge in [0, 0.05) is 5.39 Å². The molecule has 1 N–H and O–H groups in total. The number of carbonyl (C=O) groups excluding carboxylic acids is 1. The molecule has 0 saturated carbocycles. The topological polar surface area (TPSA) is 42.2 Å². The van der Waals surface area contributed by atoms with Crippen molar-refractivity contribution in [3.8, 4) is 0 Å². The van der Waals surface area contributed by atoms with Gasteiger partial charge in [-0.1, -0.05) is 12.1 Å². The lowest BCUT2D eigenvalue weighted by Gasteiger charge is -2.16. The van der Waals surface area contributed by atoms with E-state index in [1.165, 1.54) is 13.2 Å². The van der Waals surface area contributed by atoms with Crippen LogP contribution in [0.5, 0.6) is 0 Å². The first-order valence-corrected chi connectivity index (χ1v) is 5.23. The molecule has 0 saturated heterocycles. The summed E-state index contributed by atoms with van der Waals surface area (Å²) in [5.41, 5.74) is 1.15. The average molecular weight is 257 g/mol. The van der Waals surface area contributed by atoms with E-state index in [0.29, 0.717) is 16.5 Å². The predicted molar refractivity (Wildman–Crippen MR) is 58.8 cm³/mol. The van der Waals surface area contributed by atoms with Crippen molar-refractivity contribution in [1.29, 1.82) is 0 Å². The molecular weight excluding hydrogens is 247 g/mol. The molecule has 18 heavy (non-hydrogen) atoms. The molecule has 1 heterocycles. The standard InChI is InChI=1S/C12H10F3NO2/c1-7(16-11(17)12(13,14)15)8-3-2-4-10-9(8)5-6-18-10/h2-7H,1H3,(H,16,17)/t7-/m1/s1. The quantitative estimate of drug-likeness (QED) is 0.897. The third-order valence-electron chi connectivity index (χ3n) is 2.60. The van der Waals surface area contributed by atoms with Crippen molar-refractivity contribution in [2.45, 2.75) is 19.1 Å². The lowest BCUT2D eigenvalue weighted by atomic mass is 10.0. The van der Waals surface area contributed by atoms with Gasteiger partial charge >= 0.3 is 12.1 Å². The van der Waals surface area contributed by atoms with E-state index >= 15 is 0 Å². The van der Waals surface area contributed by atoms with E-state index < -0.39 is 18.1 Å². The van der Waals surface area contributed by atoms with Crippen molar-refractivity contribution in [2.24, 2.45) is 0 Å². The fourth-order valence-corrected chi connectivity index (χ4v) is 1.75. The second kappa shape index (κ2) is 4.36. The number of hydrogen-bond acceptors (Lipinski definition) is 2. The van der Waals surface area contributed by atoms with E-state index in [-0.39, 0.29) is 0 Å². The number of nitrogens with one attached hydrogen (secondary N) is 1. The molecular formula is C12H10F3NO2. The summed E-state index contributed by atoms with van der Waals surface area (Å²) in [6.07, 6.45) is -3.43. The van der Waals surface area contributed by atoms with Crippen LogP contribution in [-0.2, 0) is 4.79 Å². The number of amides is 1. The van der Waals surface area contributed by atoms with Crippen LogP contribution in [0, 0.1) is 0 Å². The summed E-state index contributed by atoms with van der Waals surface area (Å²) >= 11 is 0. The van der Waals surface area contributed by atoms with Gasteiger partial charge < -0.3 is 9.73 Å². The number of rotatable bonds is 2. The van der Waals surface area contributed by atoms with Crippen molar-refractivity contribution in [2.75, 3.05) is 0 Å². The van der Waals surface area contributed by atoms with Gasteiger partial charge in [0.15, 0.2) is 0 Å². The molecule has 0 spiro atoms. The van der Waals surface area contributed by atoms with Crippen molar-refractivity contribution in [3.05, 3.63) is 36.1 Å². The molecule has 0 unspecified atom stereocenters. The van der Waals surface area contributed by atoms with E-state index in [4.69, 9.17) is 4.42 Å². The summed E-state index contributed by atoms with van der Waals surface area (Å²) in [7, 11) is 0. The van der Waals surface area contributed by atoms with E-state index in [0.717, 1.165) is 0 Å². The van der Waals surface area contributed by atoms with Crippen LogP contribution in [0.1, 0.15) is 18.5 Å². The second-order valence-corrected chi connectivity index (χ2v) is 3.87. The highest BCUT2D eigenvalue weighted by atomic mass is 19.4. The minimum Gasteiger partial charge on any atom is -0.464 e. The monoisotopic (exact) mass is 257 g/mol. The summed E-state index contributed by atoms with van der Waals surface area (Å²) < 4.78 is 41.6. The number of alkyl halides is 3. The van der Waals surface area contributed by atoms with Crippen LogP contribution in [-0.4, -0.2) is 12.1 Å². The Morgan fingerprint density at radius 3 is 2.72 bits per heavy atom. The largest absolute Gasteiger partial charge is 0.471 e. The van der Waals surface area contributed by atoms with Crippen LogP contribution < -0.4 is 5.32 Å². The van der Waals surface area contributed by atoms with Crippen LogP contribution in [0.4, 0.5) is 13.2 Å². The summed E-state index contributed by atoms with van der Waals surface area (Å²) in [6.45, 7) is 1.49. The third kappa shape index (κ3) is 2.32. The summed E-state index contributed by atoms with van der Waals surface area (Å²) in [5.74, 6) is -1.95. The molecule has 96 valence electrons. The molecule has 1 atom stereocenters. The van der Waals surface area contributed by atoms with Gasteiger partial charge in [-0.05, 0) is 24.6 Å². The molecule has 1 aromatic heterocycles. The van der Waals surface area contributed by atoms with Crippen LogP contribution in [0.2, 0.25) is 0 Å². The number of furan rings is 1. The summed E-state index contributed by atoms with van der Waals surface area (Å²) in [6, 6.07) is 5.93. The SMILES string of the molecule is C[C@@H](NC(=O)C(F)(F)F)c1cccc2occc12. The highest BCUT2D eigenvalue weighted by Gasteiger charge is 2.39. The number of halogens is 3. The zero-order valence-electron chi connectivity index (χ0n) is 9.41. The number of hydrogen-bond donors (Lipinski definition) is 1. The van der Waals surface area contributed by atoms with E-state index in [1.54, 1.807) is 24.3 Å². The van der Waals surface area contributed by atoms with Gasteiger partial charge in [-0.3, -0.25) is 4.79 Å². The zero-order chi connectivity index (χ0) is 13.3. The fraction of sp³-hybridized carbons (Fsp3) is 0.250. The Kier molecular flexibility index (Phi) is 3.02. The molecule has 0 aliphatic carbocycles. The minimum absolute atomic E-state index is 0.570. The van der Waals surface area contributed by atoms with Crippen LogP contribution in [0.3, 0.4) is 0 Å². The average Bonchev–Trinajstić information content (AvgIpc) is 2.74. The maximum atomic E-state index is 12.1. The van der Waals surface area contributed by atoms with E-state index in [2.05, 4.69) is 0 Å². The highest BCUT2D eigenvalue weighted by Crippen LogP contribution is 2.26. The van der Waals surface area contributed by atoms with Gasteiger partial charge in [0.1, 0.15) is 5.58 Å². The van der Waals surface area contributed by atoms with Gasteiger partial charge in [0.05, 0.1) is 12.3 Å². The van der Waals surface area contributed by atoms with Gasteiger partial charge in [-0.2, -0.15) is 13.2 Å². The Bertz CT molecular complexity index is 574. The van der Waals surface area contributed by atoms with Gasteiger partial charge in [0.2, 0.25) is 0 Å². The van der Waals surface area contributed by atoms with Crippen molar-refractivity contribution >= 4 is 16.9 Å². The first kappa shape index (κ1) is 12.5. The van der Waals surface area contributed by atoms with Crippen molar-refractivity contribution < 1.29 is 22.4 Å². The first-order valence-electron chi connectivity index (χ1n) is 5.23. The van der Waals surface area contributed by atoms with E-state index in [9.17, 15) is 18.0 Å². The molecule has 0 fully saturated rings. The van der Waals surface area contributed by atoms with Gasteiger partial charge in [0.25, 0.3) is 0 Å². The molecule has 0 radical (unpaired) electrons. The minimum atomic E-state index is -4.88. The van der Waals surface area contributed by atoms with Crippen LogP contribution >= 0.6 is 0 Å². The predicted octanol–water partition coefficient (Wildman–Crippen LogP) is 3.17. The molecule has 0 aliphatic rings. The van der Waals surface area contributed by atoms with Crippen molar-refractivity contribution in [3.63, 3.8) is 0 Å². The third-order valence-corrected chi connectivity index (χ3v) is 2.60. The lowest BCUT2D eigenvalue weighted by molar-refractivity contribution is -0.174. The smallest absolute Gasteiger partial charge is 0.464 e. The summed E-state index contributed by atoms with van der Waals surface area (Å²) in [4.78, 5) is 10.9. The molecule has 3 nitrogen and oxygen atoms in total. The highest BCUT2D eigenvalue weighted by molar-refractivity contribution is 5.84. The number of fused-ring (bicyclic) bond motifs is 1. The molecule has 2 aromatic rings. The van der Waals surface area contributed by atoms with E-state index in [1.807, 2.05) is 5.32 Å². The molecule has 0 bridgehead atoms. The summed E-state index contributed by atoms with van der Waals surface area (Å²) in [5, 5.41) is 2.60. The maximum absolute atomic E-state index is 12.1. The number of carbonyl (C=O) groups is 1. The normalized spacial score (nSPS) is 13.6. The maximum Gasteiger partial charge on any atom is 0.471 e. The molecule has 0 aliphatic heterocycles. The number of benzene rings is 1. The van der Waals surface area contributed by atoms with Gasteiger partial charge in [-0.15, -0.1) is 0 Å². The Morgan fingerprint density at radius 1 is 1.33 bits per heavy atom. The second-order valence-electron chi connectivity index (χ2n) is 3.87. The first-order chi connectivity index (χ1) is 8.39.